The van der Waals surface area contributed by atoms with Gasteiger partial charge in [-0.2, -0.15) is 0 Å². The maximum Gasteiger partial charge on any atom is 0.262 e. The molecule has 0 heterocycles. The molecule has 26 heavy (non-hydrogen) atoms. The first kappa shape index (κ1) is 19.5. The van der Waals surface area contributed by atoms with Gasteiger partial charge in [-0.3, -0.25) is 9.59 Å². The minimum absolute atomic E-state index is 0.0171. The van der Waals surface area contributed by atoms with Crippen molar-refractivity contribution in [1.29, 1.82) is 0 Å². The molecule has 138 valence electrons. The van der Waals surface area contributed by atoms with E-state index in [1.54, 1.807) is 48.5 Å². The van der Waals surface area contributed by atoms with E-state index in [-0.39, 0.29) is 18.3 Å². The Bertz CT molecular complexity index is 710. The summed E-state index contributed by atoms with van der Waals surface area (Å²) in [6, 6.07) is 13.7. The van der Waals surface area contributed by atoms with E-state index in [1.807, 2.05) is 6.92 Å². The molecule has 0 aliphatic rings. The van der Waals surface area contributed by atoms with E-state index in [1.165, 1.54) is 6.92 Å². The van der Waals surface area contributed by atoms with Crippen LogP contribution in [-0.2, 0) is 9.53 Å². The van der Waals surface area contributed by atoms with Crippen LogP contribution in [0.5, 0.6) is 11.5 Å². The summed E-state index contributed by atoms with van der Waals surface area (Å²) in [6.45, 7) is 5.01. The van der Waals surface area contributed by atoms with Crippen LogP contribution < -0.4 is 14.8 Å². The van der Waals surface area contributed by atoms with Gasteiger partial charge in [0.05, 0.1) is 6.61 Å². The Balaban J connectivity index is 1.75. The van der Waals surface area contributed by atoms with Gasteiger partial charge < -0.3 is 19.5 Å². The van der Waals surface area contributed by atoms with Crippen molar-refractivity contribution in [3.8, 4) is 11.5 Å². The summed E-state index contributed by atoms with van der Waals surface area (Å²) < 4.78 is 16.2. The Morgan fingerprint density at radius 1 is 0.885 bits per heavy atom. The van der Waals surface area contributed by atoms with Gasteiger partial charge in [-0.1, -0.05) is 0 Å². The van der Waals surface area contributed by atoms with Crippen molar-refractivity contribution < 1.29 is 23.8 Å². The highest BCUT2D eigenvalue weighted by molar-refractivity contribution is 5.95. The third-order valence-corrected chi connectivity index (χ3v) is 3.47. The van der Waals surface area contributed by atoms with Gasteiger partial charge in [-0.25, -0.2) is 0 Å². The molecule has 1 N–H and O–H groups in total. The summed E-state index contributed by atoms with van der Waals surface area (Å²) in [4.78, 5) is 23.2. The van der Waals surface area contributed by atoms with E-state index in [0.29, 0.717) is 42.6 Å². The Kier molecular flexibility index (Phi) is 7.64. The van der Waals surface area contributed by atoms with E-state index >= 15 is 0 Å². The number of amides is 1. The van der Waals surface area contributed by atoms with Crippen LogP contribution in [-0.4, -0.2) is 38.1 Å². The molecule has 0 saturated carbocycles. The molecule has 2 aromatic carbocycles. The van der Waals surface area contributed by atoms with Crippen molar-refractivity contribution in [2.24, 2.45) is 0 Å². The number of carbonyl (C=O) groups excluding carboxylic acids is 2. The quantitative estimate of drug-likeness (QED) is 0.521. The van der Waals surface area contributed by atoms with Crippen molar-refractivity contribution in [3.63, 3.8) is 0 Å². The molecule has 0 radical (unpaired) electrons. The average molecular weight is 357 g/mol. The van der Waals surface area contributed by atoms with Crippen molar-refractivity contribution in [3.05, 3.63) is 54.1 Å². The second kappa shape index (κ2) is 10.2. The van der Waals surface area contributed by atoms with Gasteiger partial charge in [-0.05, 0) is 62.4 Å². The molecular formula is C20H23NO5. The van der Waals surface area contributed by atoms with Crippen LogP contribution in [0.1, 0.15) is 24.2 Å². The highest BCUT2D eigenvalue weighted by Crippen LogP contribution is 2.17. The molecule has 0 unspecified atom stereocenters. The zero-order valence-corrected chi connectivity index (χ0v) is 15.0. The number of ether oxygens (including phenoxy) is 3. The van der Waals surface area contributed by atoms with Crippen LogP contribution >= 0.6 is 0 Å². The van der Waals surface area contributed by atoms with E-state index in [9.17, 15) is 9.59 Å². The van der Waals surface area contributed by atoms with Crippen LogP contribution in [0, 0.1) is 0 Å². The maximum absolute atomic E-state index is 11.9. The van der Waals surface area contributed by atoms with Gasteiger partial charge in [0.2, 0.25) is 0 Å². The molecule has 0 spiro atoms. The van der Waals surface area contributed by atoms with Crippen molar-refractivity contribution in [2.75, 3.05) is 31.7 Å². The average Bonchev–Trinajstić information content (AvgIpc) is 2.65. The highest BCUT2D eigenvalue weighted by atomic mass is 16.5. The lowest BCUT2D eigenvalue weighted by atomic mass is 10.1. The minimum atomic E-state index is -0.280. The van der Waals surface area contributed by atoms with Crippen molar-refractivity contribution in [2.45, 2.75) is 13.8 Å². The molecule has 0 atom stereocenters. The lowest BCUT2D eigenvalue weighted by Crippen LogP contribution is -2.20. The third kappa shape index (κ3) is 6.57. The maximum atomic E-state index is 11.9. The smallest absolute Gasteiger partial charge is 0.262 e. The van der Waals surface area contributed by atoms with Gasteiger partial charge in [0.25, 0.3) is 5.91 Å². The fourth-order valence-corrected chi connectivity index (χ4v) is 2.13. The molecule has 0 saturated heterocycles. The Morgan fingerprint density at radius 3 is 2.08 bits per heavy atom. The number of carbonyl (C=O) groups is 2. The van der Waals surface area contributed by atoms with Gasteiger partial charge in [-0.15, -0.1) is 0 Å². The van der Waals surface area contributed by atoms with Crippen LogP contribution in [0.3, 0.4) is 0 Å². The predicted molar refractivity (Wildman–Crippen MR) is 99.0 cm³/mol. The molecule has 0 fully saturated rings. The summed E-state index contributed by atoms with van der Waals surface area (Å²) in [7, 11) is 0. The van der Waals surface area contributed by atoms with E-state index in [2.05, 4.69) is 5.32 Å². The number of hydrogen-bond donors (Lipinski definition) is 1. The number of rotatable bonds is 10. The molecule has 6 heteroatoms. The summed E-state index contributed by atoms with van der Waals surface area (Å²) in [5.41, 5.74) is 1.21. The topological polar surface area (TPSA) is 73.9 Å². The van der Waals surface area contributed by atoms with Gasteiger partial charge in [0.1, 0.15) is 18.1 Å². The molecule has 1 amide bonds. The second-order valence-electron chi connectivity index (χ2n) is 5.49. The zero-order valence-electron chi connectivity index (χ0n) is 15.0. The van der Waals surface area contributed by atoms with E-state index in [4.69, 9.17) is 14.2 Å². The van der Waals surface area contributed by atoms with E-state index in [0.717, 1.165) is 0 Å². The Labute approximate surface area is 153 Å². The van der Waals surface area contributed by atoms with Gasteiger partial charge in [0.15, 0.2) is 12.4 Å². The third-order valence-electron chi connectivity index (χ3n) is 3.47. The summed E-state index contributed by atoms with van der Waals surface area (Å²) in [5, 5.41) is 2.72. The van der Waals surface area contributed by atoms with Crippen LogP contribution in [0.2, 0.25) is 0 Å². The van der Waals surface area contributed by atoms with Gasteiger partial charge in [0, 0.05) is 17.9 Å². The predicted octanol–water partition coefficient (Wildman–Crippen LogP) is 3.32. The van der Waals surface area contributed by atoms with Crippen molar-refractivity contribution in [1.82, 2.24) is 0 Å². The fourth-order valence-electron chi connectivity index (χ4n) is 2.13. The van der Waals surface area contributed by atoms with Crippen LogP contribution in [0.4, 0.5) is 5.69 Å². The largest absolute Gasteiger partial charge is 0.491 e. The number of benzene rings is 2. The number of anilines is 1. The number of hydrogen-bond acceptors (Lipinski definition) is 5. The van der Waals surface area contributed by atoms with Crippen LogP contribution in [0.15, 0.2) is 48.5 Å². The monoisotopic (exact) mass is 357 g/mol. The minimum Gasteiger partial charge on any atom is -0.491 e. The molecule has 0 aromatic heterocycles. The first-order valence-corrected chi connectivity index (χ1v) is 8.42. The molecule has 0 bridgehead atoms. The fraction of sp³-hybridized carbons (Fsp3) is 0.300. The summed E-state index contributed by atoms with van der Waals surface area (Å²) >= 11 is 0. The standard InChI is InChI=1S/C20H23NO5/c1-3-24-12-13-25-18-8-10-19(11-9-18)26-14-20(23)21-17-6-4-16(5-7-17)15(2)22/h4-11H,3,12-14H2,1-2H3,(H,21,23). The van der Waals surface area contributed by atoms with Crippen molar-refractivity contribution >= 4 is 17.4 Å². The molecule has 0 aliphatic heterocycles. The molecule has 2 rings (SSSR count). The van der Waals surface area contributed by atoms with Crippen LogP contribution in [0.25, 0.3) is 0 Å². The lowest BCUT2D eigenvalue weighted by Gasteiger charge is -2.09. The normalized spacial score (nSPS) is 10.2. The molecular weight excluding hydrogens is 334 g/mol. The Morgan fingerprint density at radius 2 is 1.50 bits per heavy atom. The van der Waals surface area contributed by atoms with E-state index < -0.39 is 0 Å². The highest BCUT2D eigenvalue weighted by Gasteiger charge is 2.05. The summed E-state index contributed by atoms with van der Waals surface area (Å²) in [5.74, 6) is 0.991. The molecule has 6 nitrogen and oxygen atoms in total. The first-order chi connectivity index (χ1) is 12.6. The number of ketones is 1. The lowest BCUT2D eigenvalue weighted by molar-refractivity contribution is -0.118. The summed E-state index contributed by atoms with van der Waals surface area (Å²) in [6.07, 6.45) is 0. The van der Waals surface area contributed by atoms with Gasteiger partial charge >= 0.3 is 0 Å². The number of nitrogens with one attached hydrogen (secondary N) is 1. The number of Topliss-reactive ketones (excluding diaryl/α,β-unsaturated/α-hetero) is 1. The molecule has 0 aliphatic carbocycles. The SMILES string of the molecule is CCOCCOc1ccc(OCC(=O)Nc2ccc(C(C)=O)cc2)cc1. The molecule has 2 aromatic rings. The zero-order chi connectivity index (χ0) is 18.8. The first-order valence-electron chi connectivity index (χ1n) is 8.42. The second-order valence-corrected chi connectivity index (χ2v) is 5.49. The Hall–Kier alpha value is -2.86.